The molecule has 2 aliphatic carbocycles. The van der Waals surface area contributed by atoms with Crippen LogP contribution in [0.5, 0.6) is 11.5 Å². The molecule has 3 nitrogen and oxygen atoms in total. The van der Waals surface area contributed by atoms with Crippen LogP contribution >= 0.6 is 0 Å². The van der Waals surface area contributed by atoms with Crippen molar-refractivity contribution in [1.29, 1.82) is 0 Å². The lowest BCUT2D eigenvalue weighted by atomic mass is 9.67. The van der Waals surface area contributed by atoms with Gasteiger partial charge in [0.2, 0.25) is 0 Å². The Bertz CT molecular complexity index is 3800. The first-order valence-electron chi connectivity index (χ1n) is 24.7. The molecule has 71 heavy (non-hydrogen) atoms. The summed E-state index contributed by atoms with van der Waals surface area (Å²) < 4.78 is 7.24. The molecule has 1 heterocycles. The molecular weight excluding hydrogens is 861 g/mol. The highest BCUT2D eigenvalue weighted by molar-refractivity contribution is 6.07. The van der Waals surface area contributed by atoms with Gasteiger partial charge < -0.3 is 14.5 Å². The van der Waals surface area contributed by atoms with E-state index in [2.05, 4.69) is 278 Å². The van der Waals surface area contributed by atoms with E-state index in [1.54, 1.807) is 0 Å². The Morgan fingerprint density at radius 1 is 0.296 bits per heavy atom. The summed E-state index contributed by atoms with van der Waals surface area (Å²) in [6, 6.07) is 93.4. The van der Waals surface area contributed by atoms with Gasteiger partial charge in [0.25, 0.3) is 0 Å². The van der Waals surface area contributed by atoms with Gasteiger partial charge in [0.1, 0.15) is 11.5 Å². The maximum absolute atomic E-state index is 7.24. The Hall–Kier alpha value is -8.92. The molecule has 0 spiro atoms. The molecule has 3 aliphatic rings. The molecule has 0 bridgehead atoms. The van der Waals surface area contributed by atoms with Gasteiger partial charge in [-0.25, -0.2) is 0 Å². The Morgan fingerprint density at radius 3 is 1.38 bits per heavy atom. The van der Waals surface area contributed by atoms with E-state index in [0.717, 1.165) is 67.5 Å². The van der Waals surface area contributed by atoms with Crippen LogP contribution in [0.15, 0.2) is 255 Å². The minimum atomic E-state index is -0.556. The second-order valence-corrected chi connectivity index (χ2v) is 19.6. The van der Waals surface area contributed by atoms with Crippen LogP contribution < -0.4 is 14.5 Å². The van der Waals surface area contributed by atoms with E-state index in [9.17, 15) is 0 Å². The molecular formula is C68H48N2O. The fraction of sp³-hybridized carbons (Fsp3) is 0.0588. The van der Waals surface area contributed by atoms with Crippen molar-refractivity contribution < 1.29 is 4.74 Å². The largest absolute Gasteiger partial charge is 0.456 e. The molecule has 0 amide bonds. The van der Waals surface area contributed by atoms with Crippen LogP contribution in [0.2, 0.25) is 0 Å². The lowest BCUT2D eigenvalue weighted by Gasteiger charge is -2.35. The van der Waals surface area contributed by atoms with E-state index in [1.807, 2.05) is 0 Å². The van der Waals surface area contributed by atoms with Gasteiger partial charge in [0.05, 0.1) is 11.1 Å². The predicted molar refractivity (Wildman–Crippen MR) is 294 cm³/mol. The van der Waals surface area contributed by atoms with Crippen molar-refractivity contribution in [2.24, 2.45) is 0 Å². The molecule has 0 saturated heterocycles. The Morgan fingerprint density at radius 2 is 0.746 bits per heavy atom. The number of rotatable bonds is 8. The van der Waals surface area contributed by atoms with Crippen LogP contribution in [0.3, 0.4) is 0 Å². The summed E-state index contributed by atoms with van der Waals surface area (Å²) in [5, 5.41) is 2.23. The summed E-state index contributed by atoms with van der Waals surface area (Å²) in [5.41, 5.74) is 20.7. The van der Waals surface area contributed by atoms with Crippen molar-refractivity contribution in [1.82, 2.24) is 0 Å². The van der Waals surface area contributed by atoms with Crippen molar-refractivity contribution in [2.45, 2.75) is 24.7 Å². The molecule has 0 radical (unpaired) electrons. The van der Waals surface area contributed by atoms with Crippen molar-refractivity contribution in [3.05, 3.63) is 288 Å². The molecule has 1 aliphatic heterocycles. The zero-order chi connectivity index (χ0) is 47.3. The molecule has 3 heteroatoms. The highest BCUT2D eigenvalue weighted by Crippen LogP contribution is 2.59. The molecule has 0 saturated carbocycles. The Kier molecular flexibility index (Phi) is 9.15. The third kappa shape index (κ3) is 6.16. The maximum atomic E-state index is 7.24. The average Bonchev–Trinajstić information content (AvgIpc) is 3.85. The number of benzene rings is 11. The second-order valence-electron chi connectivity index (χ2n) is 19.6. The topological polar surface area (TPSA) is 15.7 Å². The summed E-state index contributed by atoms with van der Waals surface area (Å²) in [5.74, 6) is 1.66. The zero-order valence-corrected chi connectivity index (χ0v) is 39.6. The van der Waals surface area contributed by atoms with E-state index in [0.29, 0.717) is 0 Å². The maximum Gasteiger partial charge on any atom is 0.138 e. The van der Waals surface area contributed by atoms with Crippen molar-refractivity contribution >= 4 is 44.9 Å². The molecule has 0 fully saturated rings. The van der Waals surface area contributed by atoms with Crippen LogP contribution in [-0.2, 0) is 10.8 Å². The molecule has 11 aromatic carbocycles. The van der Waals surface area contributed by atoms with E-state index >= 15 is 0 Å². The summed E-state index contributed by atoms with van der Waals surface area (Å²) in [7, 11) is 0. The smallest absolute Gasteiger partial charge is 0.138 e. The van der Waals surface area contributed by atoms with Crippen LogP contribution in [0.25, 0.3) is 44.2 Å². The van der Waals surface area contributed by atoms with Gasteiger partial charge >= 0.3 is 0 Å². The first kappa shape index (κ1) is 41.1. The van der Waals surface area contributed by atoms with E-state index in [-0.39, 0.29) is 5.41 Å². The van der Waals surface area contributed by atoms with Gasteiger partial charge in [0.15, 0.2) is 0 Å². The van der Waals surface area contributed by atoms with Crippen LogP contribution in [0, 0.1) is 0 Å². The lowest BCUT2D eigenvalue weighted by molar-refractivity contribution is 0.487. The van der Waals surface area contributed by atoms with Gasteiger partial charge in [-0.2, -0.15) is 0 Å². The Balaban J connectivity index is 0.984. The van der Waals surface area contributed by atoms with E-state index in [4.69, 9.17) is 4.74 Å². The second kappa shape index (κ2) is 15.8. The number of fused-ring (bicyclic) bond motifs is 8. The van der Waals surface area contributed by atoms with Crippen molar-refractivity contribution in [3.8, 4) is 44.9 Å². The molecule has 11 aromatic rings. The molecule has 0 N–H and O–H groups in total. The molecule has 0 atom stereocenters. The lowest BCUT2D eigenvalue weighted by Crippen LogP contribution is -2.28. The number of ether oxygens (including phenoxy) is 1. The first-order chi connectivity index (χ1) is 35.0. The first-order valence-corrected chi connectivity index (χ1v) is 24.7. The number of hydrogen-bond acceptors (Lipinski definition) is 3. The van der Waals surface area contributed by atoms with E-state index < -0.39 is 5.41 Å². The van der Waals surface area contributed by atoms with E-state index in [1.165, 1.54) is 55.6 Å². The highest BCUT2D eigenvalue weighted by atomic mass is 16.5. The quantitative estimate of drug-likeness (QED) is 0.151. The highest BCUT2D eigenvalue weighted by Gasteiger charge is 2.46. The monoisotopic (exact) mass is 908 g/mol. The SMILES string of the molecule is CC1(C)c2ccccc2-c2ccc(N(c3ccc4c(c3)C(c3ccccc3)(c3ccccc3)c3ccccc3-4)c3cc4c5c(cccc5c3)-c3ccc(N(c5ccccc5)c5ccccc5)cc3O4)cc21. The summed E-state index contributed by atoms with van der Waals surface area (Å²) >= 11 is 0. The number of para-hydroxylation sites is 2. The minimum absolute atomic E-state index is 0.189. The van der Waals surface area contributed by atoms with Gasteiger partial charge in [-0.05, 0) is 133 Å². The molecule has 0 aromatic heterocycles. The number of nitrogens with zero attached hydrogens (tertiary/aromatic N) is 2. The van der Waals surface area contributed by atoms with Gasteiger partial charge in [0, 0.05) is 56.9 Å². The normalized spacial score (nSPS) is 13.8. The van der Waals surface area contributed by atoms with Gasteiger partial charge in [-0.15, -0.1) is 0 Å². The molecule has 14 rings (SSSR count). The zero-order valence-electron chi connectivity index (χ0n) is 39.6. The molecule has 0 unspecified atom stereocenters. The van der Waals surface area contributed by atoms with Crippen LogP contribution in [0.4, 0.5) is 34.1 Å². The fourth-order valence-electron chi connectivity index (χ4n) is 12.3. The predicted octanol–water partition coefficient (Wildman–Crippen LogP) is 18.2. The van der Waals surface area contributed by atoms with Crippen LogP contribution in [0.1, 0.15) is 47.2 Å². The van der Waals surface area contributed by atoms with Crippen molar-refractivity contribution in [2.75, 3.05) is 9.80 Å². The number of hydrogen-bond donors (Lipinski definition) is 0. The van der Waals surface area contributed by atoms with Crippen LogP contribution in [-0.4, -0.2) is 0 Å². The summed E-state index contributed by atoms with van der Waals surface area (Å²) in [6.45, 7) is 4.73. The average molecular weight is 909 g/mol. The fourth-order valence-corrected chi connectivity index (χ4v) is 12.3. The summed E-state index contributed by atoms with van der Waals surface area (Å²) in [6.07, 6.45) is 0. The Labute approximate surface area is 415 Å². The van der Waals surface area contributed by atoms with Crippen molar-refractivity contribution in [3.63, 3.8) is 0 Å². The standard InChI is InChI=1S/C68H48N2O/c1-67(2)60-32-17-15-29-54(60)56-37-34-50(41-62(56)67)70(51-35-38-57-55-30-16-18-33-61(55)68(63(57)42-51,46-21-7-3-8-22-46)47-23-9-4-10-24-47)53-40-45-20-19-31-59-58-39-36-52(43-64(58)71-65(44-53)66(45)59)69(48-25-11-5-12-26-48)49-27-13-6-14-28-49/h3-44H,1-2H3. The molecule has 336 valence electrons. The van der Waals surface area contributed by atoms with Gasteiger partial charge in [-0.1, -0.05) is 190 Å². The third-order valence-corrected chi connectivity index (χ3v) is 15.5. The minimum Gasteiger partial charge on any atom is -0.456 e. The number of anilines is 6. The summed E-state index contributed by atoms with van der Waals surface area (Å²) in [4.78, 5) is 4.76. The van der Waals surface area contributed by atoms with Gasteiger partial charge in [-0.3, -0.25) is 0 Å². The third-order valence-electron chi connectivity index (χ3n) is 15.5.